The molecule has 1 saturated heterocycles. The molecule has 4 unspecified atom stereocenters. The van der Waals surface area contributed by atoms with Crippen LogP contribution in [0.5, 0.6) is 0 Å². The molecule has 194 valence electrons. The normalized spacial score (nSPS) is 21.3. The van der Waals surface area contributed by atoms with Crippen molar-refractivity contribution >= 4 is 17.9 Å². The number of rotatable bonds is 6. The van der Waals surface area contributed by atoms with Crippen LogP contribution in [0.1, 0.15) is 56.0 Å². The van der Waals surface area contributed by atoms with Crippen LogP contribution in [0.15, 0.2) is 42.5 Å². The van der Waals surface area contributed by atoms with Crippen molar-refractivity contribution in [1.82, 2.24) is 10.2 Å². The molecule has 0 aromatic heterocycles. The van der Waals surface area contributed by atoms with Crippen LogP contribution >= 0.6 is 0 Å². The predicted octanol–water partition coefficient (Wildman–Crippen LogP) is 3.93. The van der Waals surface area contributed by atoms with Gasteiger partial charge in [0.15, 0.2) is 0 Å². The van der Waals surface area contributed by atoms with Gasteiger partial charge in [0.1, 0.15) is 23.5 Å². The Morgan fingerprint density at radius 3 is 2.57 bits per heavy atom. The Morgan fingerprint density at radius 1 is 1.19 bits per heavy atom. The van der Waals surface area contributed by atoms with Crippen LogP contribution in [0, 0.1) is 23.1 Å². The molecule has 3 amide bonds. The second-order valence-corrected chi connectivity index (χ2v) is 10.7. The SMILES string of the molecule is CC(C)(C)OC(=O)N1C2CCC(C2)C1C(=O)NC(C#N)Cc1ccc(-c2cccc(C(N)=O)c2)cc1F. The van der Waals surface area contributed by atoms with Crippen molar-refractivity contribution in [2.24, 2.45) is 11.7 Å². The van der Waals surface area contributed by atoms with Gasteiger partial charge in [-0.2, -0.15) is 5.26 Å². The van der Waals surface area contributed by atoms with Crippen LogP contribution in [0.3, 0.4) is 0 Å². The van der Waals surface area contributed by atoms with E-state index in [9.17, 15) is 24.0 Å². The first-order valence-electron chi connectivity index (χ1n) is 12.4. The lowest BCUT2D eigenvalue weighted by atomic mass is 9.96. The first-order chi connectivity index (χ1) is 17.5. The zero-order valence-electron chi connectivity index (χ0n) is 21.2. The highest BCUT2D eigenvalue weighted by molar-refractivity contribution is 5.94. The molecule has 2 aliphatic rings. The third-order valence-electron chi connectivity index (χ3n) is 6.89. The zero-order chi connectivity index (χ0) is 26.9. The number of piperidine rings is 1. The largest absolute Gasteiger partial charge is 0.444 e. The summed E-state index contributed by atoms with van der Waals surface area (Å²) in [6.45, 7) is 5.32. The molecule has 0 spiro atoms. The number of fused-ring (bicyclic) bond motifs is 2. The summed E-state index contributed by atoms with van der Waals surface area (Å²) in [5.74, 6) is -1.53. The molecule has 2 aromatic carbocycles. The highest BCUT2D eigenvalue weighted by Crippen LogP contribution is 2.43. The number of likely N-dealkylation sites (tertiary alicyclic amines) is 1. The number of hydrogen-bond donors (Lipinski definition) is 2. The highest BCUT2D eigenvalue weighted by atomic mass is 19.1. The molecule has 4 rings (SSSR count). The number of nitriles is 1. The number of primary amides is 1. The average Bonchev–Trinajstić information content (AvgIpc) is 3.45. The minimum absolute atomic E-state index is 0.00375. The van der Waals surface area contributed by atoms with Gasteiger partial charge in [-0.3, -0.25) is 14.5 Å². The molecule has 4 atom stereocenters. The quantitative estimate of drug-likeness (QED) is 0.614. The van der Waals surface area contributed by atoms with E-state index in [0.717, 1.165) is 19.3 Å². The summed E-state index contributed by atoms with van der Waals surface area (Å²) in [7, 11) is 0. The van der Waals surface area contributed by atoms with E-state index in [0.29, 0.717) is 16.7 Å². The third kappa shape index (κ3) is 5.74. The van der Waals surface area contributed by atoms with Crippen LogP contribution in [0.4, 0.5) is 9.18 Å². The van der Waals surface area contributed by atoms with E-state index in [1.165, 1.54) is 11.0 Å². The Labute approximate surface area is 215 Å². The Hall–Kier alpha value is -3.93. The van der Waals surface area contributed by atoms with E-state index >= 15 is 0 Å². The smallest absolute Gasteiger partial charge is 0.411 e. The average molecular weight is 507 g/mol. The van der Waals surface area contributed by atoms with Gasteiger partial charge < -0.3 is 15.8 Å². The number of nitrogens with two attached hydrogens (primary N) is 1. The van der Waals surface area contributed by atoms with E-state index in [1.54, 1.807) is 57.2 Å². The first kappa shape index (κ1) is 26.1. The number of ether oxygens (including phenoxy) is 1. The summed E-state index contributed by atoms with van der Waals surface area (Å²) >= 11 is 0. The Balaban J connectivity index is 1.46. The molecule has 1 aliphatic heterocycles. The van der Waals surface area contributed by atoms with Gasteiger partial charge in [-0.05, 0) is 80.8 Å². The third-order valence-corrected chi connectivity index (χ3v) is 6.89. The maximum absolute atomic E-state index is 15.0. The number of benzene rings is 2. The topological polar surface area (TPSA) is 126 Å². The number of nitrogens with zero attached hydrogens (tertiary/aromatic N) is 2. The van der Waals surface area contributed by atoms with Gasteiger partial charge in [-0.1, -0.05) is 24.3 Å². The van der Waals surface area contributed by atoms with Gasteiger partial charge in [0.05, 0.1) is 6.07 Å². The summed E-state index contributed by atoms with van der Waals surface area (Å²) in [6, 6.07) is 11.4. The van der Waals surface area contributed by atoms with Crippen molar-refractivity contribution in [3.8, 4) is 17.2 Å². The lowest BCUT2D eigenvalue weighted by molar-refractivity contribution is -0.128. The first-order valence-corrected chi connectivity index (χ1v) is 12.4. The molecule has 2 fully saturated rings. The zero-order valence-corrected chi connectivity index (χ0v) is 21.2. The van der Waals surface area contributed by atoms with Crippen molar-refractivity contribution in [2.45, 2.75) is 70.2 Å². The van der Waals surface area contributed by atoms with Gasteiger partial charge in [-0.15, -0.1) is 0 Å². The fraction of sp³-hybridized carbons (Fsp3) is 0.429. The van der Waals surface area contributed by atoms with E-state index in [-0.39, 0.29) is 23.9 Å². The van der Waals surface area contributed by atoms with Gasteiger partial charge in [-0.25, -0.2) is 9.18 Å². The van der Waals surface area contributed by atoms with Crippen molar-refractivity contribution in [1.29, 1.82) is 5.26 Å². The predicted molar refractivity (Wildman–Crippen MR) is 135 cm³/mol. The van der Waals surface area contributed by atoms with E-state index < -0.39 is 41.4 Å². The summed E-state index contributed by atoms with van der Waals surface area (Å²) in [6.07, 6.45) is 1.79. The van der Waals surface area contributed by atoms with Crippen LogP contribution in [-0.2, 0) is 16.0 Å². The maximum Gasteiger partial charge on any atom is 0.411 e. The van der Waals surface area contributed by atoms with Gasteiger partial charge in [0.2, 0.25) is 11.8 Å². The maximum atomic E-state index is 15.0. The summed E-state index contributed by atoms with van der Waals surface area (Å²) in [4.78, 5) is 39.1. The molecule has 2 aromatic rings. The van der Waals surface area contributed by atoms with Crippen LogP contribution in [-0.4, -0.2) is 46.5 Å². The summed E-state index contributed by atoms with van der Waals surface area (Å²) in [5.41, 5.74) is 6.40. The molecule has 8 nitrogen and oxygen atoms in total. The molecule has 0 radical (unpaired) electrons. The van der Waals surface area contributed by atoms with Crippen LogP contribution < -0.4 is 11.1 Å². The van der Waals surface area contributed by atoms with Crippen LogP contribution in [0.25, 0.3) is 11.1 Å². The van der Waals surface area contributed by atoms with Gasteiger partial charge in [0.25, 0.3) is 0 Å². The molecule has 1 aliphatic carbocycles. The molecule has 3 N–H and O–H groups in total. The van der Waals surface area contributed by atoms with E-state index in [1.807, 2.05) is 6.07 Å². The number of halogens is 1. The fourth-order valence-electron chi connectivity index (χ4n) is 5.25. The number of hydrogen-bond acceptors (Lipinski definition) is 5. The van der Waals surface area contributed by atoms with E-state index in [2.05, 4.69) is 5.32 Å². The Bertz CT molecular complexity index is 1270. The molecule has 9 heteroatoms. The highest BCUT2D eigenvalue weighted by Gasteiger charge is 2.52. The fourth-order valence-corrected chi connectivity index (χ4v) is 5.25. The monoisotopic (exact) mass is 506 g/mol. The van der Waals surface area contributed by atoms with Gasteiger partial charge in [0, 0.05) is 18.0 Å². The molecular formula is C28H31FN4O4. The summed E-state index contributed by atoms with van der Waals surface area (Å²) < 4.78 is 20.5. The number of nitrogens with one attached hydrogen (secondary N) is 1. The molecule has 1 heterocycles. The second kappa shape index (κ2) is 10.2. The molecule has 2 bridgehead atoms. The summed E-state index contributed by atoms with van der Waals surface area (Å²) in [5, 5.41) is 12.4. The van der Waals surface area contributed by atoms with Crippen molar-refractivity contribution in [3.63, 3.8) is 0 Å². The standard InChI is InChI=1S/C28H31FN4O4/c1-28(2,3)37-27(36)33-22-10-9-19(13-22)24(33)26(35)32-21(15-30)12-18-8-7-17(14-23(18)29)16-5-4-6-20(11-16)25(31)34/h4-8,11,14,19,21-22,24H,9-10,12-13H2,1-3H3,(H2,31,34)(H,32,35). The Morgan fingerprint density at radius 2 is 1.92 bits per heavy atom. The van der Waals surface area contributed by atoms with Crippen LogP contribution in [0.2, 0.25) is 0 Å². The minimum Gasteiger partial charge on any atom is -0.444 e. The number of amides is 3. The van der Waals surface area contributed by atoms with Crippen molar-refractivity contribution < 1.29 is 23.5 Å². The second-order valence-electron chi connectivity index (χ2n) is 10.7. The lowest BCUT2D eigenvalue weighted by Crippen LogP contribution is -2.55. The van der Waals surface area contributed by atoms with Crippen molar-refractivity contribution in [3.05, 3.63) is 59.4 Å². The van der Waals surface area contributed by atoms with E-state index in [4.69, 9.17) is 10.5 Å². The number of carbonyl (C=O) groups is 3. The van der Waals surface area contributed by atoms with Crippen molar-refractivity contribution in [2.75, 3.05) is 0 Å². The molecular weight excluding hydrogens is 475 g/mol. The Kier molecular flexibility index (Phi) is 7.21. The molecule has 1 saturated carbocycles. The van der Waals surface area contributed by atoms with Gasteiger partial charge >= 0.3 is 6.09 Å². The molecule has 37 heavy (non-hydrogen) atoms. The minimum atomic E-state index is -0.981. The number of carbonyl (C=O) groups excluding carboxylic acids is 3. The lowest BCUT2D eigenvalue weighted by Gasteiger charge is -2.35.